The highest BCUT2D eigenvalue weighted by molar-refractivity contribution is 5.15. The Kier molecular flexibility index (Phi) is 2.64. The van der Waals surface area contributed by atoms with E-state index in [1.165, 1.54) is 0 Å². The maximum absolute atomic E-state index is 2.99. The van der Waals surface area contributed by atoms with Crippen molar-refractivity contribution in [2.45, 2.75) is 6.42 Å². The van der Waals surface area contributed by atoms with Gasteiger partial charge in [0.1, 0.15) is 0 Å². The molecule has 0 fully saturated rings. The third-order valence-electron chi connectivity index (χ3n) is 1.04. The van der Waals surface area contributed by atoms with Gasteiger partial charge < -0.3 is 0 Å². The van der Waals surface area contributed by atoms with E-state index in [0.29, 0.717) is 0 Å². The Morgan fingerprint density at radius 1 is 1.00 bits per heavy atom. The van der Waals surface area contributed by atoms with Gasteiger partial charge in [-0.25, -0.2) is 0 Å². The SMILES string of the molecule is [C]1=C\C=C/C=C\C\C=C/1. The zero-order valence-electron chi connectivity index (χ0n) is 5.25. The van der Waals surface area contributed by atoms with Gasteiger partial charge in [0.2, 0.25) is 0 Å². The van der Waals surface area contributed by atoms with Crippen LogP contribution in [0.5, 0.6) is 0 Å². The van der Waals surface area contributed by atoms with Crippen molar-refractivity contribution in [1.82, 2.24) is 0 Å². The van der Waals surface area contributed by atoms with Gasteiger partial charge in [0.15, 0.2) is 0 Å². The molecule has 0 heteroatoms. The van der Waals surface area contributed by atoms with Gasteiger partial charge in [-0.3, -0.25) is 0 Å². The van der Waals surface area contributed by atoms with Gasteiger partial charge in [-0.05, 0) is 12.5 Å². The van der Waals surface area contributed by atoms with Gasteiger partial charge in [0, 0.05) is 0 Å². The topological polar surface area (TPSA) is 0 Å². The van der Waals surface area contributed by atoms with Crippen LogP contribution in [0.4, 0.5) is 0 Å². The minimum atomic E-state index is 1.01. The fraction of sp³-hybridized carbons (Fsp3) is 0.111. The van der Waals surface area contributed by atoms with E-state index in [1.54, 1.807) is 0 Å². The largest absolute Gasteiger partial charge is 0.0807 e. The molecule has 0 nitrogen and oxygen atoms in total. The lowest BCUT2D eigenvalue weighted by atomic mass is 10.3. The van der Waals surface area contributed by atoms with Crippen molar-refractivity contribution >= 4 is 0 Å². The maximum Gasteiger partial charge on any atom is -0.0163 e. The predicted octanol–water partition coefficient (Wildman–Crippen LogP) is 2.42. The van der Waals surface area contributed by atoms with Gasteiger partial charge >= 0.3 is 0 Å². The van der Waals surface area contributed by atoms with Crippen LogP contribution in [0, 0.1) is 6.08 Å². The average Bonchev–Trinajstić information content (AvgIpc) is 2.00. The van der Waals surface area contributed by atoms with E-state index in [1.807, 2.05) is 30.4 Å². The van der Waals surface area contributed by atoms with Crippen molar-refractivity contribution < 1.29 is 0 Å². The van der Waals surface area contributed by atoms with Gasteiger partial charge in [0.25, 0.3) is 0 Å². The minimum Gasteiger partial charge on any atom is -0.0807 e. The molecular formula is C9H9. The number of hydrogen-bond donors (Lipinski definition) is 0. The minimum absolute atomic E-state index is 1.01. The smallest absolute Gasteiger partial charge is 0.0163 e. The summed E-state index contributed by atoms with van der Waals surface area (Å²) in [4.78, 5) is 0. The summed E-state index contributed by atoms with van der Waals surface area (Å²) >= 11 is 0. The van der Waals surface area contributed by atoms with Crippen LogP contribution in [0.15, 0.2) is 42.5 Å². The van der Waals surface area contributed by atoms with E-state index in [-0.39, 0.29) is 0 Å². The van der Waals surface area contributed by atoms with Crippen LogP contribution in [-0.2, 0) is 0 Å². The summed E-state index contributed by atoms with van der Waals surface area (Å²) in [5, 5.41) is 0. The Balaban J connectivity index is 2.60. The zero-order chi connectivity index (χ0) is 6.36. The summed E-state index contributed by atoms with van der Waals surface area (Å²) < 4.78 is 0. The quantitative estimate of drug-likeness (QED) is 0.457. The Bertz CT molecular complexity index is 148. The van der Waals surface area contributed by atoms with E-state index in [0.717, 1.165) is 6.42 Å². The molecule has 0 bridgehead atoms. The Hall–Kier alpha value is -1.04. The molecule has 0 heterocycles. The first-order valence-corrected chi connectivity index (χ1v) is 3.06. The lowest BCUT2D eigenvalue weighted by Crippen LogP contribution is -1.53. The van der Waals surface area contributed by atoms with E-state index < -0.39 is 0 Å². The first-order valence-electron chi connectivity index (χ1n) is 3.06. The molecule has 0 atom stereocenters. The molecule has 9 heavy (non-hydrogen) atoms. The molecule has 1 aliphatic carbocycles. The van der Waals surface area contributed by atoms with Gasteiger partial charge in [-0.15, -0.1) is 0 Å². The van der Waals surface area contributed by atoms with Crippen molar-refractivity contribution in [2.75, 3.05) is 0 Å². The van der Waals surface area contributed by atoms with Crippen molar-refractivity contribution in [1.29, 1.82) is 0 Å². The lowest BCUT2D eigenvalue weighted by molar-refractivity contribution is 1.39. The lowest BCUT2D eigenvalue weighted by Gasteiger charge is -1.74. The highest BCUT2D eigenvalue weighted by Gasteiger charge is 1.70. The molecule has 0 aromatic heterocycles. The molecule has 1 rings (SSSR count). The zero-order valence-corrected chi connectivity index (χ0v) is 5.25. The first kappa shape index (κ1) is 6.09. The molecule has 0 unspecified atom stereocenters. The summed E-state index contributed by atoms with van der Waals surface area (Å²) in [6.45, 7) is 0. The third kappa shape index (κ3) is 2.70. The summed E-state index contributed by atoms with van der Waals surface area (Å²) in [7, 11) is 0. The molecule has 0 aromatic carbocycles. The van der Waals surface area contributed by atoms with Crippen molar-refractivity contribution in [3.05, 3.63) is 48.6 Å². The second-order valence-corrected chi connectivity index (χ2v) is 1.78. The molecule has 0 aromatic rings. The predicted molar refractivity (Wildman–Crippen MR) is 39.9 cm³/mol. The summed E-state index contributed by atoms with van der Waals surface area (Å²) in [6, 6.07) is 0. The van der Waals surface area contributed by atoms with E-state index in [9.17, 15) is 0 Å². The number of allylic oxidation sites excluding steroid dienone is 8. The van der Waals surface area contributed by atoms with E-state index >= 15 is 0 Å². The van der Waals surface area contributed by atoms with Crippen LogP contribution in [0.1, 0.15) is 6.42 Å². The van der Waals surface area contributed by atoms with Gasteiger partial charge in [0.05, 0.1) is 0 Å². The standard InChI is InChI=1S/C9H9/c1-2-4-6-8-9-7-5-3-1/h1-5,8-9H,6H2/b3-1-,4-2-,7-5?,9-8-. The number of rotatable bonds is 0. The second kappa shape index (κ2) is 3.90. The Morgan fingerprint density at radius 2 is 2.00 bits per heavy atom. The monoisotopic (exact) mass is 117 g/mol. The molecule has 1 aliphatic rings. The fourth-order valence-electron chi connectivity index (χ4n) is 0.603. The van der Waals surface area contributed by atoms with Gasteiger partial charge in [-0.1, -0.05) is 42.5 Å². The van der Waals surface area contributed by atoms with E-state index in [2.05, 4.69) is 18.2 Å². The maximum atomic E-state index is 2.99. The molecule has 0 spiro atoms. The third-order valence-corrected chi connectivity index (χ3v) is 1.04. The first-order chi connectivity index (χ1) is 4.50. The fourth-order valence-corrected chi connectivity index (χ4v) is 0.603. The summed E-state index contributed by atoms with van der Waals surface area (Å²) in [5.74, 6) is 0. The van der Waals surface area contributed by atoms with Crippen LogP contribution in [0.2, 0.25) is 0 Å². The molecule has 0 aliphatic heterocycles. The number of hydrogen-bond acceptors (Lipinski definition) is 0. The molecule has 0 amide bonds. The Labute approximate surface area is 55.9 Å². The molecule has 0 saturated carbocycles. The normalized spacial score (nSPS) is 31.1. The summed E-state index contributed by atoms with van der Waals surface area (Å²) in [5.41, 5.74) is 0. The molecule has 1 radical (unpaired) electrons. The summed E-state index contributed by atoms with van der Waals surface area (Å²) in [6.07, 6.45) is 18.0. The van der Waals surface area contributed by atoms with Gasteiger partial charge in [-0.2, -0.15) is 0 Å². The molecule has 0 saturated heterocycles. The average molecular weight is 117 g/mol. The van der Waals surface area contributed by atoms with Crippen molar-refractivity contribution in [2.24, 2.45) is 0 Å². The highest BCUT2D eigenvalue weighted by atomic mass is 13.8. The Morgan fingerprint density at radius 3 is 3.00 bits per heavy atom. The van der Waals surface area contributed by atoms with Crippen molar-refractivity contribution in [3.8, 4) is 0 Å². The van der Waals surface area contributed by atoms with Crippen LogP contribution in [0.25, 0.3) is 0 Å². The van der Waals surface area contributed by atoms with Crippen molar-refractivity contribution in [3.63, 3.8) is 0 Å². The van der Waals surface area contributed by atoms with Crippen LogP contribution >= 0.6 is 0 Å². The molecular weight excluding hydrogens is 108 g/mol. The van der Waals surface area contributed by atoms with Crippen LogP contribution < -0.4 is 0 Å². The van der Waals surface area contributed by atoms with Crippen LogP contribution in [0.3, 0.4) is 0 Å². The molecule has 0 N–H and O–H groups in total. The van der Waals surface area contributed by atoms with Crippen LogP contribution in [-0.4, -0.2) is 0 Å². The second-order valence-electron chi connectivity index (χ2n) is 1.78. The highest BCUT2D eigenvalue weighted by Crippen LogP contribution is 1.90. The van der Waals surface area contributed by atoms with E-state index in [4.69, 9.17) is 0 Å². The molecule has 45 valence electrons.